The molecule has 1 aromatic carbocycles. The van der Waals surface area contributed by atoms with Crippen LogP contribution in [0.15, 0.2) is 29.3 Å². The Kier molecular flexibility index (Phi) is 9.79. The van der Waals surface area contributed by atoms with Crippen LogP contribution in [0.2, 0.25) is 0 Å². The van der Waals surface area contributed by atoms with E-state index in [9.17, 15) is 0 Å². The van der Waals surface area contributed by atoms with Crippen LogP contribution in [0.25, 0.3) is 0 Å². The van der Waals surface area contributed by atoms with E-state index in [1.165, 1.54) is 23.3 Å². The van der Waals surface area contributed by atoms with Gasteiger partial charge < -0.3 is 10.6 Å². The van der Waals surface area contributed by atoms with E-state index in [0.717, 1.165) is 38.4 Å². The number of hydrogen-bond donors (Lipinski definition) is 2. The standard InChI is InChI=1S/C17H29N3S/c1-4-18-17(19-12-5-6-14-21-3)20-13-11-16-9-7-15(2)8-10-16/h7-10H,4-6,11-14H2,1-3H3,(H2,18,19,20). The Morgan fingerprint density at radius 1 is 1.14 bits per heavy atom. The second-order valence-electron chi connectivity index (χ2n) is 5.12. The minimum Gasteiger partial charge on any atom is -0.357 e. The normalized spacial score (nSPS) is 11.5. The van der Waals surface area contributed by atoms with Crippen LogP contribution in [0.5, 0.6) is 0 Å². The first-order valence-electron chi connectivity index (χ1n) is 7.83. The zero-order chi connectivity index (χ0) is 15.3. The topological polar surface area (TPSA) is 36.4 Å². The number of nitrogens with zero attached hydrogens (tertiary/aromatic N) is 1. The Balaban J connectivity index is 2.29. The van der Waals surface area contributed by atoms with Crippen molar-refractivity contribution in [3.63, 3.8) is 0 Å². The van der Waals surface area contributed by atoms with Crippen LogP contribution in [0, 0.1) is 6.92 Å². The summed E-state index contributed by atoms with van der Waals surface area (Å²) in [7, 11) is 0. The maximum Gasteiger partial charge on any atom is 0.191 e. The number of rotatable bonds is 9. The van der Waals surface area contributed by atoms with Gasteiger partial charge >= 0.3 is 0 Å². The van der Waals surface area contributed by atoms with Crippen LogP contribution in [-0.4, -0.2) is 37.6 Å². The predicted octanol–water partition coefficient (Wildman–Crippen LogP) is 3.24. The Morgan fingerprint density at radius 3 is 2.57 bits per heavy atom. The summed E-state index contributed by atoms with van der Waals surface area (Å²) < 4.78 is 0. The number of unbranched alkanes of at least 4 members (excludes halogenated alkanes) is 1. The molecule has 1 aromatic rings. The van der Waals surface area contributed by atoms with Gasteiger partial charge in [-0.05, 0) is 50.7 Å². The van der Waals surface area contributed by atoms with Gasteiger partial charge in [0.2, 0.25) is 0 Å². The second-order valence-corrected chi connectivity index (χ2v) is 6.11. The average Bonchev–Trinajstić information content (AvgIpc) is 2.49. The predicted molar refractivity (Wildman–Crippen MR) is 96.5 cm³/mol. The van der Waals surface area contributed by atoms with Crippen molar-refractivity contribution >= 4 is 17.7 Å². The summed E-state index contributed by atoms with van der Waals surface area (Å²) in [6, 6.07) is 8.73. The average molecular weight is 308 g/mol. The van der Waals surface area contributed by atoms with Crippen molar-refractivity contribution < 1.29 is 0 Å². The molecule has 3 nitrogen and oxygen atoms in total. The summed E-state index contributed by atoms with van der Waals surface area (Å²) in [5.74, 6) is 2.17. The highest BCUT2D eigenvalue weighted by Crippen LogP contribution is 2.03. The maximum absolute atomic E-state index is 4.62. The summed E-state index contributed by atoms with van der Waals surface area (Å²) in [6.07, 6.45) is 5.58. The third kappa shape index (κ3) is 8.66. The van der Waals surface area contributed by atoms with Gasteiger partial charge in [-0.1, -0.05) is 29.8 Å². The van der Waals surface area contributed by atoms with Crippen molar-refractivity contribution in [3.05, 3.63) is 35.4 Å². The lowest BCUT2D eigenvalue weighted by Gasteiger charge is -2.11. The lowest BCUT2D eigenvalue weighted by molar-refractivity contribution is 0.770. The smallest absolute Gasteiger partial charge is 0.191 e. The molecule has 21 heavy (non-hydrogen) atoms. The van der Waals surface area contributed by atoms with Crippen molar-refractivity contribution in [2.24, 2.45) is 4.99 Å². The fourth-order valence-corrected chi connectivity index (χ4v) is 2.46. The Morgan fingerprint density at radius 2 is 1.90 bits per heavy atom. The van der Waals surface area contributed by atoms with Gasteiger partial charge in [0.15, 0.2) is 5.96 Å². The molecule has 0 aliphatic heterocycles. The number of aryl methyl sites for hydroxylation is 1. The SMILES string of the molecule is CCNC(=NCCCCSC)NCCc1ccc(C)cc1. The monoisotopic (exact) mass is 307 g/mol. The molecule has 4 heteroatoms. The number of guanidine groups is 1. The molecule has 0 aliphatic carbocycles. The van der Waals surface area contributed by atoms with E-state index in [1.54, 1.807) is 0 Å². The van der Waals surface area contributed by atoms with Crippen molar-refractivity contribution in [2.45, 2.75) is 33.1 Å². The summed E-state index contributed by atoms with van der Waals surface area (Å²) >= 11 is 1.90. The third-order valence-electron chi connectivity index (χ3n) is 3.20. The number of benzene rings is 1. The van der Waals surface area contributed by atoms with E-state index in [-0.39, 0.29) is 0 Å². The summed E-state index contributed by atoms with van der Waals surface area (Å²) in [6.45, 7) is 6.95. The quantitative estimate of drug-likeness (QED) is 0.418. The molecule has 0 unspecified atom stereocenters. The molecule has 1 rings (SSSR count). The fraction of sp³-hybridized carbons (Fsp3) is 0.588. The summed E-state index contributed by atoms with van der Waals surface area (Å²) in [5.41, 5.74) is 2.68. The van der Waals surface area contributed by atoms with Crippen LogP contribution in [0.3, 0.4) is 0 Å². The molecule has 0 saturated carbocycles. The van der Waals surface area contributed by atoms with Crippen LogP contribution >= 0.6 is 11.8 Å². The minimum atomic E-state index is 0.903. The van der Waals surface area contributed by atoms with Gasteiger partial charge in [0, 0.05) is 19.6 Å². The molecule has 0 amide bonds. The Labute approximate surface area is 134 Å². The molecule has 0 saturated heterocycles. The molecular formula is C17H29N3S. The largest absolute Gasteiger partial charge is 0.357 e. The molecule has 0 fully saturated rings. The third-order valence-corrected chi connectivity index (χ3v) is 3.89. The summed E-state index contributed by atoms with van der Waals surface area (Å²) in [4.78, 5) is 4.62. The first-order valence-corrected chi connectivity index (χ1v) is 9.22. The van der Waals surface area contributed by atoms with Crippen molar-refractivity contribution in [3.8, 4) is 0 Å². The molecule has 0 atom stereocenters. The molecular weight excluding hydrogens is 278 g/mol. The Bertz CT molecular complexity index is 401. The first-order chi connectivity index (χ1) is 10.3. The molecule has 118 valence electrons. The number of aliphatic imine (C=N–C) groups is 1. The van der Waals surface area contributed by atoms with Crippen molar-refractivity contribution in [1.82, 2.24) is 10.6 Å². The van der Waals surface area contributed by atoms with E-state index in [4.69, 9.17) is 0 Å². The highest BCUT2D eigenvalue weighted by Gasteiger charge is 1.97. The lowest BCUT2D eigenvalue weighted by Crippen LogP contribution is -2.38. The minimum absolute atomic E-state index is 0.903. The van der Waals surface area contributed by atoms with Crippen LogP contribution < -0.4 is 10.6 Å². The molecule has 0 bridgehead atoms. The van der Waals surface area contributed by atoms with Crippen LogP contribution in [0.1, 0.15) is 30.9 Å². The van der Waals surface area contributed by atoms with E-state index in [0.29, 0.717) is 0 Å². The molecule has 0 heterocycles. The number of hydrogen-bond acceptors (Lipinski definition) is 2. The van der Waals surface area contributed by atoms with E-state index in [2.05, 4.69) is 60.0 Å². The lowest BCUT2D eigenvalue weighted by atomic mass is 10.1. The first kappa shape index (κ1) is 17.9. The van der Waals surface area contributed by atoms with Crippen LogP contribution in [-0.2, 0) is 6.42 Å². The van der Waals surface area contributed by atoms with Gasteiger partial charge in [0.25, 0.3) is 0 Å². The van der Waals surface area contributed by atoms with Gasteiger partial charge in [-0.2, -0.15) is 11.8 Å². The summed E-state index contributed by atoms with van der Waals surface area (Å²) in [5, 5.41) is 6.71. The highest BCUT2D eigenvalue weighted by atomic mass is 32.2. The van der Waals surface area contributed by atoms with E-state index in [1.807, 2.05) is 11.8 Å². The zero-order valence-corrected chi connectivity index (χ0v) is 14.4. The van der Waals surface area contributed by atoms with E-state index >= 15 is 0 Å². The van der Waals surface area contributed by atoms with Gasteiger partial charge in [-0.3, -0.25) is 4.99 Å². The van der Waals surface area contributed by atoms with Crippen molar-refractivity contribution in [1.29, 1.82) is 0 Å². The molecule has 0 radical (unpaired) electrons. The fourth-order valence-electron chi connectivity index (χ4n) is 1.97. The van der Waals surface area contributed by atoms with Gasteiger partial charge in [-0.15, -0.1) is 0 Å². The van der Waals surface area contributed by atoms with Gasteiger partial charge in [0.1, 0.15) is 0 Å². The second kappa shape index (κ2) is 11.5. The number of nitrogens with one attached hydrogen (secondary N) is 2. The van der Waals surface area contributed by atoms with Gasteiger partial charge in [-0.25, -0.2) is 0 Å². The number of thioether (sulfide) groups is 1. The van der Waals surface area contributed by atoms with Gasteiger partial charge in [0.05, 0.1) is 0 Å². The molecule has 2 N–H and O–H groups in total. The molecule has 0 spiro atoms. The van der Waals surface area contributed by atoms with E-state index < -0.39 is 0 Å². The zero-order valence-electron chi connectivity index (χ0n) is 13.6. The Hall–Kier alpha value is -1.16. The maximum atomic E-state index is 4.62. The van der Waals surface area contributed by atoms with Crippen molar-refractivity contribution in [2.75, 3.05) is 31.6 Å². The molecule has 0 aliphatic rings. The molecule has 0 aromatic heterocycles. The van der Waals surface area contributed by atoms with Crippen LogP contribution in [0.4, 0.5) is 0 Å². The highest BCUT2D eigenvalue weighted by molar-refractivity contribution is 7.98.